The Hall–Kier alpha value is -2.35. The van der Waals surface area contributed by atoms with E-state index in [2.05, 4.69) is 10.3 Å². The first-order valence-electron chi connectivity index (χ1n) is 6.22. The van der Waals surface area contributed by atoms with Crippen molar-refractivity contribution in [3.63, 3.8) is 0 Å². The van der Waals surface area contributed by atoms with Crippen LogP contribution >= 0.6 is 0 Å². The summed E-state index contributed by atoms with van der Waals surface area (Å²) in [6, 6.07) is 3.59. The third-order valence-corrected chi connectivity index (χ3v) is 3.26. The van der Waals surface area contributed by atoms with Gasteiger partial charge in [-0.25, -0.2) is 9.48 Å². The van der Waals surface area contributed by atoms with Crippen LogP contribution < -0.4 is 4.65 Å². The van der Waals surface area contributed by atoms with Gasteiger partial charge in [0.15, 0.2) is 0 Å². The fourth-order valence-electron chi connectivity index (χ4n) is 2.33. The minimum atomic E-state index is -1.08. The number of benzene rings is 1. The van der Waals surface area contributed by atoms with Crippen LogP contribution in [0.3, 0.4) is 0 Å². The highest BCUT2D eigenvalue weighted by atomic mass is 16.5. The van der Waals surface area contributed by atoms with Gasteiger partial charge in [-0.05, 0) is 23.9 Å². The Morgan fingerprint density at radius 2 is 2.35 bits per heavy atom. The van der Waals surface area contributed by atoms with E-state index < -0.39 is 13.1 Å². The van der Waals surface area contributed by atoms with Crippen LogP contribution in [-0.2, 0) is 13.0 Å². The molecule has 3 rings (SSSR count). The molecule has 0 radical (unpaired) electrons. The molecule has 0 bridgehead atoms. The Kier molecular flexibility index (Phi) is 3.15. The zero-order valence-electron chi connectivity index (χ0n) is 10.6. The maximum Gasteiger partial charge on any atom is 0.522 e. The molecule has 1 aromatic heterocycles. The van der Waals surface area contributed by atoms with Crippen LogP contribution in [0.25, 0.3) is 0 Å². The minimum Gasteiger partial charge on any atom is -0.535 e. The van der Waals surface area contributed by atoms with Crippen molar-refractivity contribution in [2.24, 2.45) is 0 Å². The SMILES string of the molecule is O=C(O)c1c(Cn2ccnn2)ccc2c1OB(O)CC2. The summed E-state index contributed by atoms with van der Waals surface area (Å²) >= 11 is 0. The highest BCUT2D eigenvalue weighted by Gasteiger charge is 2.29. The van der Waals surface area contributed by atoms with E-state index in [0.717, 1.165) is 5.56 Å². The van der Waals surface area contributed by atoms with Gasteiger partial charge in [0.05, 0.1) is 12.7 Å². The molecule has 7 nitrogen and oxygen atoms in total. The van der Waals surface area contributed by atoms with E-state index in [1.807, 2.05) is 6.07 Å². The topological polar surface area (TPSA) is 97.5 Å². The van der Waals surface area contributed by atoms with Crippen molar-refractivity contribution >= 4 is 13.1 Å². The summed E-state index contributed by atoms with van der Waals surface area (Å²) in [5.41, 5.74) is 1.45. The third-order valence-electron chi connectivity index (χ3n) is 3.26. The lowest BCUT2D eigenvalue weighted by atomic mass is 9.78. The molecule has 0 unspecified atom stereocenters. The van der Waals surface area contributed by atoms with E-state index in [4.69, 9.17) is 4.65 Å². The standard InChI is InChI=1S/C12H12BN3O4/c17-12(18)10-9(7-16-6-5-14-15-16)2-1-8-3-4-13(19)20-11(8)10/h1-2,5-6,19H,3-4,7H2,(H,17,18). The Morgan fingerprint density at radius 3 is 3.05 bits per heavy atom. The molecule has 0 fully saturated rings. The number of carboxylic acid groups (broad SMARTS) is 1. The van der Waals surface area contributed by atoms with Gasteiger partial charge in [0.2, 0.25) is 0 Å². The summed E-state index contributed by atoms with van der Waals surface area (Å²) in [7, 11) is -0.956. The maximum atomic E-state index is 11.5. The number of aryl methyl sites for hydroxylation is 1. The molecule has 0 amide bonds. The summed E-state index contributed by atoms with van der Waals surface area (Å²) in [6.45, 7) is 0.286. The first-order valence-corrected chi connectivity index (χ1v) is 6.22. The number of carboxylic acids is 1. The number of nitrogens with zero attached hydrogens (tertiary/aromatic N) is 3. The van der Waals surface area contributed by atoms with Gasteiger partial charge in [-0.3, -0.25) is 0 Å². The van der Waals surface area contributed by atoms with Crippen LogP contribution in [-0.4, -0.2) is 38.2 Å². The van der Waals surface area contributed by atoms with Crippen molar-refractivity contribution in [1.82, 2.24) is 15.0 Å². The van der Waals surface area contributed by atoms with Crippen molar-refractivity contribution in [1.29, 1.82) is 0 Å². The van der Waals surface area contributed by atoms with Crippen LogP contribution in [0.4, 0.5) is 0 Å². The first-order chi connectivity index (χ1) is 9.65. The number of aromatic carboxylic acids is 1. The Labute approximate surface area is 114 Å². The molecular formula is C12H12BN3O4. The summed E-state index contributed by atoms with van der Waals surface area (Å²) < 4.78 is 6.85. The van der Waals surface area contributed by atoms with Crippen molar-refractivity contribution in [2.45, 2.75) is 19.3 Å². The van der Waals surface area contributed by atoms with Crippen molar-refractivity contribution in [3.8, 4) is 5.75 Å². The summed E-state index contributed by atoms with van der Waals surface area (Å²) in [5.74, 6) is -0.820. The third kappa shape index (κ3) is 2.25. The monoisotopic (exact) mass is 273 g/mol. The number of fused-ring (bicyclic) bond motifs is 1. The summed E-state index contributed by atoms with van der Waals surface area (Å²) in [6.07, 6.45) is 4.24. The highest BCUT2D eigenvalue weighted by molar-refractivity contribution is 6.44. The van der Waals surface area contributed by atoms with Crippen LogP contribution in [0.2, 0.25) is 6.32 Å². The predicted molar refractivity (Wildman–Crippen MR) is 69.6 cm³/mol. The van der Waals surface area contributed by atoms with Gasteiger partial charge in [0.1, 0.15) is 11.3 Å². The minimum absolute atomic E-state index is 0.0803. The van der Waals surface area contributed by atoms with E-state index in [1.165, 1.54) is 10.9 Å². The van der Waals surface area contributed by atoms with Crippen LogP contribution in [0.15, 0.2) is 24.5 Å². The molecule has 0 saturated carbocycles. The fourth-order valence-corrected chi connectivity index (χ4v) is 2.33. The van der Waals surface area contributed by atoms with Gasteiger partial charge < -0.3 is 14.8 Å². The molecule has 0 atom stereocenters. The molecule has 0 saturated heterocycles. The molecule has 20 heavy (non-hydrogen) atoms. The summed E-state index contributed by atoms with van der Waals surface area (Å²) in [4.78, 5) is 11.5. The van der Waals surface area contributed by atoms with Gasteiger partial charge in [0.25, 0.3) is 0 Å². The molecular weight excluding hydrogens is 261 g/mol. The normalized spacial score (nSPS) is 13.8. The Bertz CT molecular complexity index is 644. The molecule has 2 aromatic rings. The molecule has 2 heterocycles. The molecule has 2 N–H and O–H groups in total. The zero-order valence-corrected chi connectivity index (χ0v) is 10.6. The molecule has 1 aliphatic heterocycles. The first kappa shape index (κ1) is 12.7. The number of hydrogen-bond acceptors (Lipinski definition) is 5. The molecule has 102 valence electrons. The smallest absolute Gasteiger partial charge is 0.522 e. The lowest BCUT2D eigenvalue weighted by molar-refractivity contribution is 0.0693. The van der Waals surface area contributed by atoms with Crippen LogP contribution in [0, 0.1) is 0 Å². The lowest BCUT2D eigenvalue weighted by Gasteiger charge is -2.23. The van der Waals surface area contributed by atoms with E-state index in [9.17, 15) is 14.9 Å². The molecule has 0 spiro atoms. The van der Waals surface area contributed by atoms with Gasteiger partial charge in [-0.1, -0.05) is 17.3 Å². The second kappa shape index (κ2) is 4.97. The maximum absolute atomic E-state index is 11.5. The quantitative estimate of drug-likeness (QED) is 0.787. The lowest BCUT2D eigenvalue weighted by Crippen LogP contribution is -2.28. The van der Waals surface area contributed by atoms with Crippen molar-refractivity contribution < 1.29 is 19.6 Å². The number of aromatic nitrogens is 3. The fraction of sp³-hybridized carbons (Fsp3) is 0.250. The zero-order chi connectivity index (χ0) is 14.1. The number of hydrogen-bond donors (Lipinski definition) is 2. The van der Waals surface area contributed by atoms with Gasteiger partial charge in [-0.2, -0.15) is 0 Å². The van der Waals surface area contributed by atoms with Gasteiger partial charge in [-0.15, -0.1) is 5.10 Å². The number of carbonyl (C=O) groups is 1. The average Bonchev–Trinajstić information content (AvgIpc) is 2.90. The van der Waals surface area contributed by atoms with E-state index in [-0.39, 0.29) is 17.9 Å². The van der Waals surface area contributed by atoms with Gasteiger partial charge in [0, 0.05) is 6.20 Å². The van der Waals surface area contributed by atoms with E-state index >= 15 is 0 Å². The largest absolute Gasteiger partial charge is 0.535 e. The molecule has 1 aliphatic rings. The van der Waals surface area contributed by atoms with Gasteiger partial charge >= 0.3 is 13.1 Å². The molecule has 0 aliphatic carbocycles. The second-order valence-electron chi connectivity index (χ2n) is 4.60. The molecule has 8 heteroatoms. The van der Waals surface area contributed by atoms with E-state index in [1.54, 1.807) is 12.3 Å². The Morgan fingerprint density at radius 1 is 1.50 bits per heavy atom. The number of rotatable bonds is 3. The average molecular weight is 273 g/mol. The summed E-state index contributed by atoms with van der Waals surface area (Å²) in [5, 5.41) is 26.5. The van der Waals surface area contributed by atoms with E-state index in [0.29, 0.717) is 18.3 Å². The van der Waals surface area contributed by atoms with Crippen molar-refractivity contribution in [3.05, 3.63) is 41.2 Å². The molecule has 1 aromatic carbocycles. The van der Waals surface area contributed by atoms with Crippen LogP contribution in [0.5, 0.6) is 5.75 Å². The van der Waals surface area contributed by atoms with Crippen molar-refractivity contribution in [2.75, 3.05) is 0 Å². The second-order valence-corrected chi connectivity index (χ2v) is 4.60. The highest BCUT2D eigenvalue weighted by Crippen LogP contribution is 2.33. The Balaban J connectivity index is 2.06. The predicted octanol–water partition coefficient (Wildman–Crippen LogP) is 0.440. The van der Waals surface area contributed by atoms with Crippen LogP contribution in [0.1, 0.15) is 21.5 Å².